The van der Waals surface area contributed by atoms with Crippen molar-refractivity contribution >= 4 is 11.7 Å². The molecule has 96 valence electrons. The summed E-state index contributed by atoms with van der Waals surface area (Å²) in [6, 6.07) is 4.35. The number of nitrogens with zero attached hydrogens (tertiary/aromatic N) is 1. The number of esters is 1. The Morgan fingerprint density at radius 2 is 2.33 bits per heavy atom. The van der Waals surface area contributed by atoms with Crippen LogP contribution in [0.2, 0.25) is 0 Å². The van der Waals surface area contributed by atoms with E-state index in [1.54, 1.807) is 13.0 Å². The van der Waals surface area contributed by atoms with Crippen molar-refractivity contribution in [3.05, 3.63) is 33.9 Å². The van der Waals surface area contributed by atoms with E-state index in [2.05, 4.69) is 0 Å². The van der Waals surface area contributed by atoms with Gasteiger partial charge in [0.2, 0.25) is 0 Å². The normalized spacial score (nSPS) is 21.4. The summed E-state index contributed by atoms with van der Waals surface area (Å²) in [6.07, 6.45) is 0.563. The molecular formula is C12H13NO5. The molecule has 6 nitrogen and oxygen atoms in total. The monoisotopic (exact) mass is 251 g/mol. The van der Waals surface area contributed by atoms with Crippen molar-refractivity contribution in [3.63, 3.8) is 0 Å². The highest BCUT2D eigenvalue weighted by atomic mass is 16.6. The molecule has 0 saturated heterocycles. The van der Waals surface area contributed by atoms with Gasteiger partial charge in [-0.3, -0.25) is 14.9 Å². The zero-order valence-electron chi connectivity index (χ0n) is 9.83. The summed E-state index contributed by atoms with van der Waals surface area (Å²) in [7, 11) is 0. The van der Waals surface area contributed by atoms with Crippen molar-refractivity contribution in [2.75, 3.05) is 6.61 Å². The third-order valence-electron chi connectivity index (χ3n) is 3.02. The summed E-state index contributed by atoms with van der Waals surface area (Å²) >= 11 is 0. The van der Waals surface area contributed by atoms with Gasteiger partial charge in [0.05, 0.1) is 17.4 Å². The van der Waals surface area contributed by atoms with Crippen LogP contribution < -0.4 is 0 Å². The molecule has 1 N–H and O–H groups in total. The third-order valence-corrected chi connectivity index (χ3v) is 3.02. The highest BCUT2D eigenvalue weighted by molar-refractivity contribution is 5.78. The van der Waals surface area contributed by atoms with Crippen LogP contribution in [0.15, 0.2) is 18.2 Å². The lowest BCUT2D eigenvalue weighted by molar-refractivity contribution is -0.385. The van der Waals surface area contributed by atoms with Gasteiger partial charge in [-0.25, -0.2) is 0 Å². The molecule has 1 aromatic rings. The molecule has 1 aliphatic carbocycles. The maximum atomic E-state index is 11.5. The van der Waals surface area contributed by atoms with Crippen LogP contribution in [0.4, 0.5) is 5.69 Å². The van der Waals surface area contributed by atoms with Crippen molar-refractivity contribution in [2.45, 2.75) is 19.3 Å². The van der Waals surface area contributed by atoms with E-state index in [4.69, 9.17) is 4.74 Å². The van der Waals surface area contributed by atoms with Gasteiger partial charge < -0.3 is 9.84 Å². The number of rotatable bonds is 4. The van der Waals surface area contributed by atoms with Crippen molar-refractivity contribution in [1.82, 2.24) is 0 Å². The molecule has 0 aliphatic heterocycles. The van der Waals surface area contributed by atoms with E-state index in [1.165, 1.54) is 12.1 Å². The number of carbonyl (C=O) groups excluding carboxylic acids is 1. The lowest BCUT2D eigenvalue weighted by atomic mass is 10.1. The minimum Gasteiger partial charge on any atom is -0.502 e. The van der Waals surface area contributed by atoms with Crippen LogP contribution in [0.5, 0.6) is 5.75 Å². The molecular weight excluding hydrogens is 238 g/mol. The first kappa shape index (κ1) is 12.3. The second-order valence-corrected chi connectivity index (χ2v) is 4.17. The molecule has 0 heterocycles. The van der Waals surface area contributed by atoms with Crippen LogP contribution in [0, 0.1) is 16.0 Å². The van der Waals surface area contributed by atoms with E-state index in [0.717, 1.165) is 0 Å². The van der Waals surface area contributed by atoms with Gasteiger partial charge in [0, 0.05) is 17.5 Å². The van der Waals surface area contributed by atoms with E-state index in [-0.39, 0.29) is 29.2 Å². The number of carbonyl (C=O) groups is 1. The van der Waals surface area contributed by atoms with E-state index < -0.39 is 4.92 Å². The Morgan fingerprint density at radius 1 is 1.61 bits per heavy atom. The Hall–Kier alpha value is -2.11. The average Bonchev–Trinajstić information content (AvgIpc) is 3.09. The highest BCUT2D eigenvalue weighted by Gasteiger charge is 2.47. The largest absolute Gasteiger partial charge is 0.502 e. The fraction of sp³-hybridized carbons (Fsp3) is 0.417. The van der Waals surface area contributed by atoms with Crippen LogP contribution in [0.25, 0.3) is 0 Å². The molecule has 0 bridgehead atoms. The molecule has 0 aromatic heterocycles. The van der Waals surface area contributed by atoms with Crippen LogP contribution >= 0.6 is 0 Å². The number of nitro groups is 1. The van der Waals surface area contributed by atoms with Crippen LogP contribution in [-0.2, 0) is 9.53 Å². The van der Waals surface area contributed by atoms with Crippen molar-refractivity contribution in [2.24, 2.45) is 5.92 Å². The van der Waals surface area contributed by atoms with Gasteiger partial charge in [-0.05, 0) is 13.3 Å². The van der Waals surface area contributed by atoms with Crippen molar-refractivity contribution in [3.8, 4) is 5.75 Å². The maximum Gasteiger partial charge on any atom is 0.310 e. The quantitative estimate of drug-likeness (QED) is 0.502. The number of phenolic OH excluding ortho intramolecular Hbond substituents is 1. The number of phenols is 1. The topological polar surface area (TPSA) is 89.7 Å². The number of hydrogen-bond acceptors (Lipinski definition) is 5. The van der Waals surface area contributed by atoms with Gasteiger partial charge in [0.25, 0.3) is 0 Å². The third kappa shape index (κ3) is 2.13. The number of ether oxygens (including phenoxy) is 1. The molecule has 0 amide bonds. The van der Waals surface area contributed by atoms with E-state index >= 15 is 0 Å². The predicted molar refractivity (Wildman–Crippen MR) is 62.2 cm³/mol. The zero-order chi connectivity index (χ0) is 13.3. The number of hydrogen-bond donors (Lipinski definition) is 1. The summed E-state index contributed by atoms with van der Waals surface area (Å²) in [5.74, 6) is -1.13. The number of benzene rings is 1. The van der Waals surface area contributed by atoms with Gasteiger partial charge in [0.15, 0.2) is 5.75 Å². The van der Waals surface area contributed by atoms with Crippen LogP contribution in [0.3, 0.4) is 0 Å². The minimum absolute atomic E-state index is 0.177. The first-order valence-corrected chi connectivity index (χ1v) is 5.69. The smallest absolute Gasteiger partial charge is 0.310 e. The van der Waals surface area contributed by atoms with E-state index in [1.807, 2.05) is 0 Å². The SMILES string of the molecule is CCOC(=O)[C@@H]1C[C@H]1c1cccc([N+](=O)[O-])c1O. The van der Waals surface area contributed by atoms with E-state index in [9.17, 15) is 20.0 Å². The highest BCUT2D eigenvalue weighted by Crippen LogP contribution is 2.52. The predicted octanol–water partition coefficient (Wildman–Crippen LogP) is 1.97. The van der Waals surface area contributed by atoms with Crippen molar-refractivity contribution < 1.29 is 19.6 Å². The summed E-state index contributed by atoms with van der Waals surface area (Å²) in [5.41, 5.74) is 0.115. The number of para-hydroxylation sites is 1. The zero-order valence-corrected chi connectivity index (χ0v) is 9.83. The first-order valence-electron chi connectivity index (χ1n) is 5.69. The van der Waals surface area contributed by atoms with Gasteiger partial charge in [-0.15, -0.1) is 0 Å². The number of nitro benzene ring substituents is 1. The molecule has 1 aliphatic rings. The molecule has 1 aromatic carbocycles. The Kier molecular flexibility index (Phi) is 3.18. The fourth-order valence-electron chi connectivity index (χ4n) is 2.04. The Balaban J connectivity index is 2.19. The molecule has 2 rings (SSSR count). The molecule has 1 saturated carbocycles. The van der Waals surface area contributed by atoms with Gasteiger partial charge >= 0.3 is 11.7 Å². The van der Waals surface area contributed by atoms with Gasteiger partial charge in [0.1, 0.15) is 0 Å². The summed E-state index contributed by atoms with van der Waals surface area (Å²) in [4.78, 5) is 21.5. The second kappa shape index (κ2) is 4.64. The standard InChI is InChI=1S/C12H13NO5/c1-2-18-12(15)9-6-8(9)7-4-3-5-10(11(7)14)13(16)17/h3-5,8-9,14H,2,6H2,1H3/t8-,9+/m0/s1. The van der Waals surface area contributed by atoms with Crippen LogP contribution in [-0.4, -0.2) is 22.6 Å². The molecule has 0 unspecified atom stereocenters. The molecule has 1 fully saturated rings. The first-order chi connectivity index (χ1) is 8.56. The van der Waals surface area contributed by atoms with Crippen molar-refractivity contribution in [1.29, 1.82) is 0 Å². The maximum absolute atomic E-state index is 11.5. The number of aromatic hydroxyl groups is 1. The van der Waals surface area contributed by atoms with Gasteiger partial charge in [-0.2, -0.15) is 0 Å². The average molecular weight is 251 g/mol. The molecule has 6 heteroatoms. The summed E-state index contributed by atoms with van der Waals surface area (Å²) < 4.78 is 4.88. The minimum atomic E-state index is -0.638. The second-order valence-electron chi connectivity index (χ2n) is 4.17. The molecule has 0 spiro atoms. The Bertz CT molecular complexity index is 499. The fourth-order valence-corrected chi connectivity index (χ4v) is 2.04. The Morgan fingerprint density at radius 3 is 2.94 bits per heavy atom. The lowest BCUT2D eigenvalue weighted by Gasteiger charge is -2.04. The van der Waals surface area contributed by atoms with Crippen LogP contribution in [0.1, 0.15) is 24.8 Å². The Labute approximate surface area is 103 Å². The molecule has 0 radical (unpaired) electrons. The van der Waals surface area contributed by atoms with Gasteiger partial charge in [-0.1, -0.05) is 12.1 Å². The summed E-state index contributed by atoms with van der Waals surface area (Å²) in [6.45, 7) is 2.03. The van der Waals surface area contributed by atoms with E-state index in [0.29, 0.717) is 18.6 Å². The molecule has 18 heavy (non-hydrogen) atoms. The summed E-state index contributed by atoms with van der Waals surface area (Å²) in [5, 5.41) is 20.5. The molecule has 2 atom stereocenters. The lowest BCUT2D eigenvalue weighted by Crippen LogP contribution is -2.07.